The first-order valence-electron chi connectivity index (χ1n) is 6.39. The van der Waals surface area contributed by atoms with Crippen LogP contribution in [0.2, 0.25) is 0 Å². The van der Waals surface area contributed by atoms with E-state index in [4.69, 9.17) is 10.5 Å². The number of nitrogens with two attached hydrogens (primary N) is 1. The molecule has 0 aliphatic heterocycles. The Bertz CT molecular complexity index is 362. The van der Waals surface area contributed by atoms with E-state index >= 15 is 0 Å². The molecule has 1 rings (SSSR count). The summed E-state index contributed by atoms with van der Waals surface area (Å²) in [4.78, 5) is 6.57. The molecule has 1 aromatic heterocycles. The molecule has 18 heavy (non-hydrogen) atoms. The molecular weight excluding hydrogens is 226 g/mol. The zero-order valence-corrected chi connectivity index (χ0v) is 12.1. The minimum atomic E-state index is 0.115. The maximum atomic E-state index is 5.93. The fourth-order valence-corrected chi connectivity index (χ4v) is 1.90. The van der Waals surface area contributed by atoms with Crippen LogP contribution >= 0.6 is 0 Å². The van der Waals surface area contributed by atoms with E-state index in [9.17, 15) is 0 Å². The average Bonchev–Trinajstić information content (AvgIpc) is 2.40. The maximum absolute atomic E-state index is 5.93. The number of pyridine rings is 1. The molecule has 1 unspecified atom stereocenters. The van der Waals surface area contributed by atoms with E-state index in [2.05, 4.69) is 37.7 Å². The first-order valence-corrected chi connectivity index (χ1v) is 6.39. The van der Waals surface area contributed by atoms with Crippen LogP contribution in [-0.4, -0.2) is 36.1 Å². The molecule has 0 amide bonds. The van der Waals surface area contributed by atoms with E-state index in [1.54, 1.807) is 7.11 Å². The third-order valence-corrected chi connectivity index (χ3v) is 3.86. The number of likely N-dealkylation sites (N-methyl/N-ethyl adjacent to an activating group) is 1. The third-order valence-electron chi connectivity index (χ3n) is 3.86. The summed E-state index contributed by atoms with van der Waals surface area (Å²) in [6, 6.07) is 4.09. The lowest BCUT2D eigenvalue weighted by Gasteiger charge is -2.40. The summed E-state index contributed by atoms with van der Waals surface area (Å²) < 4.78 is 5.08. The van der Waals surface area contributed by atoms with Crippen molar-refractivity contribution in [2.75, 3.05) is 20.7 Å². The average molecular weight is 251 g/mol. The van der Waals surface area contributed by atoms with Crippen LogP contribution < -0.4 is 10.5 Å². The molecule has 102 valence electrons. The molecule has 1 aromatic rings. The molecule has 0 spiro atoms. The van der Waals surface area contributed by atoms with Crippen LogP contribution in [0.3, 0.4) is 0 Å². The number of rotatable bonds is 6. The number of nitrogens with zero attached hydrogens (tertiary/aromatic N) is 2. The molecule has 0 aromatic carbocycles. The molecule has 1 atom stereocenters. The van der Waals surface area contributed by atoms with Gasteiger partial charge in [0.25, 0.3) is 0 Å². The second-order valence-electron chi connectivity index (χ2n) is 5.16. The highest BCUT2D eigenvalue weighted by atomic mass is 16.5. The van der Waals surface area contributed by atoms with Gasteiger partial charge in [-0.25, -0.2) is 4.98 Å². The minimum absolute atomic E-state index is 0.115. The van der Waals surface area contributed by atoms with Gasteiger partial charge in [0.2, 0.25) is 5.88 Å². The van der Waals surface area contributed by atoms with Gasteiger partial charge in [0.05, 0.1) is 7.11 Å². The standard InChI is InChI=1S/C14H25N3O/c1-6-14(2,3)17(4)12(9-15)11-7-8-13(18-5)16-10-11/h7-8,10,12H,6,9,15H2,1-5H3. The lowest BCUT2D eigenvalue weighted by atomic mass is 9.95. The van der Waals surface area contributed by atoms with E-state index in [-0.39, 0.29) is 11.6 Å². The van der Waals surface area contributed by atoms with Gasteiger partial charge in [-0.3, -0.25) is 4.90 Å². The number of methoxy groups -OCH3 is 1. The third kappa shape index (κ3) is 3.21. The Labute approximate surface area is 110 Å². The quantitative estimate of drug-likeness (QED) is 0.842. The van der Waals surface area contributed by atoms with E-state index in [0.717, 1.165) is 12.0 Å². The summed E-state index contributed by atoms with van der Waals surface area (Å²) in [5.41, 5.74) is 7.17. The molecule has 2 N–H and O–H groups in total. The highest BCUT2D eigenvalue weighted by Gasteiger charge is 2.28. The Kier molecular flexibility index (Phi) is 5.11. The first-order chi connectivity index (χ1) is 8.46. The van der Waals surface area contributed by atoms with Gasteiger partial charge in [0.15, 0.2) is 0 Å². The lowest BCUT2D eigenvalue weighted by Crippen LogP contribution is -2.45. The molecule has 0 aliphatic carbocycles. The Morgan fingerprint density at radius 1 is 1.44 bits per heavy atom. The molecule has 0 bridgehead atoms. The van der Waals surface area contributed by atoms with Gasteiger partial charge in [-0.05, 0) is 32.9 Å². The Hall–Kier alpha value is -1.13. The molecule has 0 saturated heterocycles. The molecule has 0 radical (unpaired) electrons. The fourth-order valence-electron chi connectivity index (χ4n) is 1.90. The second-order valence-corrected chi connectivity index (χ2v) is 5.16. The predicted molar refractivity (Wildman–Crippen MR) is 74.7 cm³/mol. The van der Waals surface area contributed by atoms with Crippen molar-refractivity contribution in [1.82, 2.24) is 9.88 Å². The maximum Gasteiger partial charge on any atom is 0.212 e. The molecule has 0 saturated carbocycles. The van der Waals surface area contributed by atoms with Crippen molar-refractivity contribution >= 4 is 0 Å². The molecular formula is C14H25N3O. The van der Waals surface area contributed by atoms with Crippen molar-refractivity contribution in [2.24, 2.45) is 5.73 Å². The van der Waals surface area contributed by atoms with E-state index in [1.165, 1.54) is 0 Å². The van der Waals surface area contributed by atoms with Crippen molar-refractivity contribution in [3.8, 4) is 5.88 Å². The van der Waals surface area contributed by atoms with Gasteiger partial charge >= 0.3 is 0 Å². The summed E-state index contributed by atoms with van der Waals surface area (Å²) in [7, 11) is 3.74. The van der Waals surface area contributed by atoms with E-state index < -0.39 is 0 Å². The van der Waals surface area contributed by atoms with Crippen LogP contribution in [0.5, 0.6) is 5.88 Å². The minimum Gasteiger partial charge on any atom is -0.481 e. The van der Waals surface area contributed by atoms with Crippen molar-refractivity contribution in [3.05, 3.63) is 23.9 Å². The topological polar surface area (TPSA) is 51.4 Å². The molecule has 0 aliphatic rings. The normalized spacial score (nSPS) is 13.7. The molecule has 4 heteroatoms. The highest BCUT2D eigenvalue weighted by molar-refractivity contribution is 5.21. The van der Waals surface area contributed by atoms with Crippen LogP contribution in [0.1, 0.15) is 38.8 Å². The van der Waals surface area contributed by atoms with Crippen LogP contribution in [0.25, 0.3) is 0 Å². The summed E-state index contributed by atoms with van der Waals surface area (Å²) in [5, 5.41) is 0. The second kappa shape index (κ2) is 6.16. The number of hydrogen-bond donors (Lipinski definition) is 1. The van der Waals surface area contributed by atoms with Gasteiger partial charge in [-0.2, -0.15) is 0 Å². The van der Waals surface area contributed by atoms with E-state index in [0.29, 0.717) is 12.4 Å². The Balaban J connectivity index is 2.94. The van der Waals surface area contributed by atoms with Crippen molar-refractivity contribution in [2.45, 2.75) is 38.8 Å². The van der Waals surface area contributed by atoms with Gasteiger partial charge in [-0.1, -0.05) is 13.0 Å². The Morgan fingerprint density at radius 2 is 2.11 bits per heavy atom. The lowest BCUT2D eigenvalue weighted by molar-refractivity contribution is 0.100. The van der Waals surface area contributed by atoms with Crippen molar-refractivity contribution in [3.63, 3.8) is 0 Å². The Morgan fingerprint density at radius 3 is 2.50 bits per heavy atom. The molecule has 0 fully saturated rings. The largest absolute Gasteiger partial charge is 0.481 e. The predicted octanol–water partition coefficient (Wildman–Crippen LogP) is 2.21. The zero-order chi connectivity index (χ0) is 13.8. The molecule has 4 nitrogen and oxygen atoms in total. The summed E-state index contributed by atoms with van der Waals surface area (Å²) >= 11 is 0. The SMILES string of the molecule is CCC(C)(C)N(C)C(CN)c1ccc(OC)nc1. The van der Waals surface area contributed by atoms with Crippen LogP contribution in [0.4, 0.5) is 0 Å². The summed E-state index contributed by atoms with van der Waals surface area (Å²) in [5.74, 6) is 0.631. The summed E-state index contributed by atoms with van der Waals surface area (Å²) in [6.07, 6.45) is 2.92. The smallest absolute Gasteiger partial charge is 0.212 e. The van der Waals surface area contributed by atoms with Gasteiger partial charge in [0, 0.05) is 30.4 Å². The first kappa shape index (κ1) is 14.9. The fraction of sp³-hybridized carbons (Fsp3) is 0.643. The van der Waals surface area contributed by atoms with Crippen LogP contribution in [0.15, 0.2) is 18.3 Å². The monoisotopic (exact) mass is 251 g/mol. The number of aromatic nitrogens is 1. The number of hydrogen-bond acceptors (Lipinski definition) is 4. The van der Waals surface area contributed by atoms with Gasteiger partial charge in [0.1, 0.15) is 0 Å². The molecule has 1 heterocycles. The van der Waals surface area contributed by atoms with Gasteiger partial charge in [-0.15, -0.1) is 0 Å². The van der Waals surface area contributed by atoms with Crippen molar-refractivity contribution in [1.29, 1.82) is 0 Å². The highest BCUT2D eigenvalue weighted by Crippen LogP contribution is 2.28. The summed E-state index contributed by atoms with van der Waals surface area (Å²) in [6.45, 7) is 7.23. The van der Waals surface area contributed by atoms with Gasteiger partial charge < -0.3 is 10.5 Å². The number of ether oxygens (including phenoxy) is 1. The van der Waals surface area contributed by atoms with Crippen LogP contribution in [0, 0.1) is 0 Å². The zero-order valence-electron chi connectivity index (χ0n) is 12.1. The van der Waals surface area contributed by atoms with E-state index in [1.807, 2.05) is 18.3 Å². The van der Waals surface area contributed by atoms with Crippen molar-refractivity contribution < 1.29 is 4.74 Å². The van der Waals surface area contributed by atoms with Crippen LogP contribution in [-0.2, 0) is 0 Å².